The Morgan fingerprint density at radius 3 is 2.58 bits per heavy atom. The van der Waals surface area contributed by atoms with Crippen LogP contribution in [0, 0.1) is 12.8 Å². The lowest BCUT2D eigenvalue weighted by Crippen LogP contribution is -2.39. The number of aryl methyl sites for hydroxylation is 1. The van der Waals surface area contributed by atoms with Crippen LogP contribution in [-0.4, -0.2) is 35.6 Å². The molecule has 1 heterocycles. The van der Waals surface area contributed by atoms with Crippen molar-refractivity contribution in [3.8, 4) is 22.9 Å². The largest absolute Gasteiger partial charge is 0.496 e. The summed E-state index contributed by atoms with van der Waals surface area (Å²) < 4.78 is 11.5. The molecule has 3 aromatic rings. The minimum Gasteiger partial charge on any atom is -0.496 e. The van der Waals surface area contributed by atoms with Gasteiger partial charge in [0.2, 0.25) is 0 Å². The standard InChI is InChI=1S/C25H27N3O3/c1-17-10-12-19(13-11-17)31-16-18-6-3-8-21(18)28-25(29)23-20(7-4-9-22(23)30-2)24-26-14-5-15-27-24/h4-5,7,9-15,18,21H,3,6,8,16H2,1-2H3,(H,28,29)/t18-,21+/m1/s1. The van der Waals surface area contributed by atoms with Gasteiger partial charge >= 0.3 is 0 Å². The van der Waals surface area contributed by atoms with Gasteiger partial charge in [-0.2, -0.15) is 0 Å². The fraction of sp³-hybridized carbons (Fsp3) is 0.320. The Balaban J connectivity index is 1.50. The van der Waals surface area contributed by atoms with Crippen LogP contribution < -0.4 is 14.8 Å². The van der Waals surface area contributed by atoms with Gasteiger partial charge in [0.15, 0.2) is 5.82 Å². The predicted molar refractivity (Wildman–Crippen MR) is 119 cm³/mol. The summed E-state index contributed by atoms with van der Waals surface area (Å²) in [5, 5.41) is 3.22. The molecule has 4 rings (SSSR count). The van der Waals surface area contributed by atoms with Crippen LogP contribution in [0.25, 0.3) is 11.4 Å². The molecule has 0 radical (unpaired) electrons. The molecule has 1 fully saturated rings. The number of ether oxygens (including phenoxy) is 2. The summed E-state index contributed by atoms with van der Waals surface area (Å²) in [6.07, 6.45) is 6.35. The van der Waals surface area contributed by atoms with Crippen molar-refractivity contribution in [2.45, 2.75) is 32.2 Å². The Hall–Kier alpha value is -3.41. The SMILES string of the molecule is COc1cccc(-c2ncccn2)c1C(=O)N[C@H]1CCC[C@@H]1COc1ccc(C)cc1. The molecule has 31 heavy (non-hydrogen) atoms. The molecule has 0 bridgehead atoms. The number of hydrogen-bond donors (Lipinski definition) is 1. The Kier molecular flexibility index (Phi) is 6.46. The summed E-state index contributed by atoms with van der Waals surface area (Å²) in [6, 6.07) is 15.3. The van der Waals surface area contributed by atoms with Gasteiger partial charge in [0.25, 0.3) is 5.91 Å². The van der Waals surface area contributed by atoms with E-state index in [-0.39, 0.29) is 17.9 Å². The van der Waals surface area contributed by atoms with Gasteiger partial charge in [0, 0.05) is 29.9 Å². The molecule has 6 heteroatoms. The Morgan fingerprint density at radius 1 is 1.06 bits per heavy atom. The van der Waals surface area contributed by atoms with E-state index in [1.54, 1.807) is 31.6 Å². The van der Waals surface area contributed by atoms with Gasteiger partial charge in [-0.3, -0.25) is 4.79 Å². The first-order valence-electron chi connectivity index (χ1n) is 10.6. The quantitative estimate of drug-likeness (QED) is 0.615. The number of hydrogen-bond acceptors (Lipinski definition) is 5. The number of nitrogens with one attached hydrogen (secondary N) is 1. The molecule has 0 saturated heterocycles. The van der Waals surface area contributed by atoms with E-state index in [0.29, 0.717) is 29.3 Å². The maximum atomic E-state index is 13.3. The number of nitrogens with zero attached hydrogens (tertiary/aromatic N) is 2. The number of aromatic nitrogens is 2. The van der Waals surface area contributed by atoms with Crippen LogP contribution in [0.15, 0.2) is 60.9 Å². The third kappa shape index (κ3) is 4.85. The van der Waals surface area contributed by atoms with Crippen molar-refractivity contribution in [1.82, 2.24) is 15.3 Å². The third-order valence-corrected chi connectivity index (χ3v) is 5.74. The fourth-order valence-electron chi connectivity index (χ4n) is 4.06. The first-order valence-corrected chi connectivity index (χ1v) is 10.6. The molecule has 0 spiro atoms. The molecule has 2 aromatic carbocycles. The van der Waals surface area contributed by atoms with Crippen molar-refractivity contribution in [2.75, 3.05) is 13.7 Å². The van der Waals surface area contributed by atoms with Gasteiger partial charge in [0.1, 0.15) is 11.5 Å². The lowest BCUT2D eigenvalue weighted by molar-refractivity contribution is 0.0916. The van der Waals surface area contributed by atoms with Crippen LogP contribution in [0.1, 0.15) is 35.2 Å². The van der Waals surface area contributed by atoms with Crippen molar-refractivity contribution >= 4 is 5.91 Å². The van der Waals surface area contributed by atoms with E-state index < -0.39 is 0 Å². The second kappa shape index (κ2) is 9.60. The number of amides is 1. The minimum atomic E-state index is -0.174. The molecular weight excluding hydrogens is 390 g/mol. The second-order valence-corrected chi connectivity index (χ2v) is 7.85. The van der Waals surface area contributed by atoms with E-state index in [0.717, 1.165) is 25.0 Å². The molecule has 160 valence electrons. The summed E-state index contributed by atoms with van der Waals surface area (Å²) in [4.78, 5) is 22.0. The van der Waals surface area contributed by atoms with Crippen LogP contribution in [-0.2, 0) is 0 Å². The van der Waals surface area contributed by atoms with E-state index in [9.17, 15) is 4.79 Å². The molecule has 1 saturated carbocycles. The average molecular weight is 418 g/mol. The van der Waals surface area contributed by atoms with Crippen molar-refractivity contribution in [1.29, 1.82) is 0 Å². The van der Waals surface area contributed by atoms with E-state index in [1.807, 2.05) is 36.4 Å². The van der Waals surface area contributed by atoms with Gasteiger partial charge in [0.05, 0.1) is 19.3 Å². The highest BCUT2D eigenvalue weighted by Gasteiger charge is 2.31. The normalized spacial score (nSPS) is 17.9. The number of carbonyl (C=O) groups is 1. The zero-order chi connectivity index (χ0) is 21.6. The zero-order valence-electron chi connectivity index (χ0n) is 17.9. The number of rotatable bonds is 7. The number of benzene rings is 2. The van der Waals surface area contributed by atoms with Gasteiger partial charge in [-0.15, -0.1) is 0 Å². The van der Waals surface area contributed by atoms with E-state index >= 15 is 0 Å². The number of carbonyl (C=O) groups excluding carboxylic acids is 1. The van der Waals surface area contributed by atoms with Crippen LogP contribution in [0.2, 0.25) is 0 Å². The smallest absolute Gasteiger partial charge is 0.256 e. The van der Waals surface area contributed by atoms with E-state index in [2.05, 4.69) is 22.2 Å². The molecular formula is C25H27N3O3. The summed E-state index contributed by atoms with van der Waals surface area (Å²) in [5.41, 5.74) is 2.32. The predicted octanol–water partition coefficient (Wildman–Crippen LogP) is 4.44. The maximum absolute atomic E-state index is 13.3. The first-order chi connectivity index (χ1) is 15.2. The van der Waals surface area contributed by atoms with Gasteiger partial charge in [-0.05, 0) is 44.0 Å². The molecule has 1 aliphatic rings. The van der Waals surface area contributed by atoms with Crippen molar-refractivity contribution < 1.29 is 14.3 Å². The van der Waals surface area contributed by atoms with Crippen molar-refractivity contribution in [2.24, 2.45) is 5.92 Å². The van der Waals surface area contributed by atoms with Crippen molar-refractivity contribution in [3.05, 3.63) is 72.1 Å². The van der Waals surface area contributed by atoms with Crippen LogP contribution in [0.5, 0.6) is 11.5 Å². The lowest BCUT2D eigenvalue weighted by atomic mass is 10.0. The molecule has 0 unspecified atom stereocenters. The maximum Gasteiger partial charge on any atom is 0.256 e. The average Bonchev–Trinajstić information content (AvgIpc) is 3.25. The molecule has 1 amide bonds. The van der Waals surface area contributed by atoms with E-state index in [4.69, 9.17) is 9.47 Å². The van der Waals surface area contributed by atoms with Gasteiger partial charge in [-0.1, -0.05) is 36.2 Å². The highest BCUT2D eigenvalue weighted by molar-refractivity contribution is 6.03. The lowest BCUT2D eigenvalue weighted by Gasteiger charge is -2.22. The van der Waals surface area contributed by atoms with Gasteiger partial charge in [-0.25, -0.2) is 9.97 Å². The summed E-state index contributed by atoms with van der Waals surface area (Å²) >= 11 is 0. The van der Waals surface area contributed by atoms with Crippen molar-refractivity contribution in [3.63, 3.8) is 0 Å². The molecule has 1 N–H and O–H groups in total. The summed E-state index contributed by atoms with van der Waals surface area (Å²) in [5.74, 6) is 1.95. The fourth-order valence-corrected chi connectivity index (χ4v) is 4.06. The first kappa shape index (κ1) is 20.8. The molecule has 1 aliphatic carbocycles. The Bertz CT molecular complexity index is 1020. The van der Waals surface area contributed by atoms with Crippen LogP contribution >= 0.6 is 0 Å². The Morgan fingerprint density at radius 2 is 1.84 bits per heavy atom. The Labute approximate surface area is 182 Å². The molecule has 6 nitrogen and oxygen atoms in total. The monoisotopic (exact) mass is 417 g/mol. The van der Waals surface area contributed by atoms with Crippen LogP contribution in [0.3, 0.4) is 0 Å². The highest BCUT2D eigenvalue weighted by Crippen LogP contribution is 2.31. The molecule has 2 atom stereocenters. The van der Waals surface area contributed by atoms with Crippen LogP contribution in [0.4, 0.5) is 0 Å². The van der Waals surface area contributed by atoms with E-state index in [1.165, 1.54) is 5.56 Å². The molecule has 1 aromatic heterocycles. The highest BCUT2D eigenvalue weighted by atomic mass is 16.5. The topological polar surface area (TPSA) is 73.3 Å². The second-order valence-electron chi connectivity index (χ2n) is 7.85. The minimum absolute atomic E-state index is 0.0485. The number of methoxy groups -OCH3 is 1. The zero-order valence-corrected chi connectivity index (χ0v) is 17.9. The molecule has 0 aliphatic heterocycles. The summed E-state index contributed by atoms with van der Waals surface area (Å²) in [7, 11) is 1.57. The van der Waals surface area contributed by atoms with Gasteiger partial charge < -0.3 is 14.8 Å². The summed E-state index contributed by atoms with van der Waals surface area (Å²) in [6.45, 7) is 2.63. The third-order valence-electron chi connectivity index (χ3n) is 5.74.